The van der Waals surface area contributed by atoms with Gasteiger partial charge in [-0.25, -0.2) is 0 Å². The number of carbonyl (C=O) groups is 1. The summed E-state index contributed by atoms with van der Waals surface area (Å²) in [7, 11) is 1.52. The van der Waals surface area contributed by atoms with Crippen LogP contribution < -0.4 is 10.1 Å². The lowest BCUT2D eigenvalue weighted by atomic mass is 10.2. The number of nitrogens with one attached hydrogen (secondary N) is 1. The van der Waals surface area contributed by atoms with E-state index < -0.39 is 0 Å². The molecular weight excluding hydrogens is 296 g/mol. The van der Waals surface area contributed by atoms with Crippen LogP contribution in [-0.4, -0.2) is 42.5 Å². The SMILES string of the molecule is COc1ccc(C=NCCNC(=O)c2ccccc2O)c(O)c1. The summed E-state index contributed by atoms with van der Waals surface area (Å²) in [5, 5.41) is 22.0. The number of aromatic hydroxyl groups is 2. The van der Waals surface area contributed by atoms with Crippen LogP contribution in [0.4, 0.5) is 0 Å². The number of para-hydroxylation sites is 1. The number of nitrogens with zero attached hydrogens (tertiary/aromatic N) is 1. The number of amides is 1. The Labute approximate surface area is 134 Å². The van der Waals surface area contributed by atoms with Crippen LogP contribution in [0.2, 0.25) is 0 Å². The first-order chi connectivity index (χ1) is 11.1. The highest BCUT2D eigenvalue weighted by Crippen LogP contribution is 2.21. The average molecular weight is 314 g/mol. The number of ether oxygens (including phenoxy) is 1. The number of hydrogen-bond donors (Lipinski definition) is 3. The molecule has 0 unspecified atom stereocenters. The number of methoxy groups -OCH3 is 1. The van der Waals surface area contributed by atoms with Gasteiger partial charge < -0.3 is 20.3 Å². The smallest absolute Gasteiger partial charge is 0.255 e. The predicted octanol–water partition coefficient (Wildman–Crippen LogP) is 1.96. The Bertz CT molecular complexity index is 713. The van der Waals surface area contributed by atoms with Gasteiger partial charge >= 0.3 is 0 Å². The molecule has 1 amide bonds. The molecule has 0 aliphatic heterocycles. The van der Waals surface area contributed by atoms with Gasteiger partial charge in [-0.15, -0.1) is 0 Å². The Kier molecular flexibility index (Phi) is 5.57. The lowest BCUT2D eigenvalue weighted by Crippen LogP contribution is -2.26. The molecule has 0 aromatic heterocycles. The van der Waals surface area contributed by atoms with Crippen LogP contribution in [0.1, 0.15) is 15.9 Å². The van der Waals surface area contributed by atoms with E-state index in [0.29, 0.717) is 24.4 Å². The van der Waals surface area contributed by atoms with Crippen LogP contribution in [0.15, 0.2) is 47.5 Å². The molecule has 23 heavy (non-hydrogen) atoms. The third-order valence-corrected chi connectivity index (χ3v) is 3.14. The van der Waals surface area contributed by atoms with Gasteiger partial charge in [0, 0.05) is 24.4 Å². The van der Waals surface area contributed by atoms with Crippen molar-refractivity contribution in [2.45, 2.75) is 0 Å². The maximum absolute atomic E-state index is 11.8. The van der Waals surface area contributed by atoms with E-state index in [2.05, 4.69) is 10.3 Å². The van der Waals surface area contributed by atoms with Crippen LogP contribution in [0, 0.1) is 0 Å². The van der Waals surface area contributed by atoms with Crippen molar-refractivity contribution in [1.82, 2.24) is 5.32 Å². The van der Waals surface area contributed by atoms with Crippen molar-refractivity contribution >= 4 is 12.1 Å². The molecule has 6 nitrogen and oxygen atoms in total. The highest BCUT2D eigenvalue weighted by Gasteiger charge is 2.08. The molecule has 0 aliphatic carbocycles. The van der Waals surface area contributed by atoms with Gasteiger partial charge in [-0.1, -0.05) is 12.1 Å². The minimum absolute atomic E-state index is 0.0587. The van der Waals surface area contributed by atoms with E-state index in [4.69, 9.17) is 4.74 Å². The molecule has 2 rings (SSSR count). The topological polar surface area (TPSA) is 91.2 Å². The van der Waals surface area contributed by atoms with E-state index in [1.807, 2.05) is 0 Å². The van der Waals surface area contributed by atoms with Gasteiger partial charge in [0.15, 0.2) is 0 Å². The minimum atomic E-state index is -0.356. The van der Waals surface area contributed by atoms with Crippen molar-refractivity contribution in [3.8, 4) is 17.2 Å². The first-order valence-corrected chi connectivity index (χ1v) is 7.05. The van der Waals surface area contributed by atoms with Gasteiger partial charge in [0.1, 0.15) is 17.2 Å². The normalized spacial score (nSPS) is 10.7. The predicted molar refractivity (Wildman–Crippen MR) is 87.6 cm³/mol. The van der Waals surface area contributed by atoms with Gasteiger partial charge in [0.2, 0.25) is 0 Å². The molecule has 0 fully saturated rings. The molecular formula is C17H18N2O4. The molecule has 0 bridgehead atoms. The Morgan fingerprint density at radius 2 is 2.00 bits per heavy atom. The third-order valence-electron chi connectivity index (χ3n) is 3.14. The third kappa shape index (κ3) is 4.47. The van der Waals surface area contributed by atoms with Gasteiger partial charge in [-0.2, -0.15) is 0 Å². The second-order valence-electron chi connectivity index (χ2n) is 4.73. The molecule has 0 spiro atoms. The highest BCUT2D eigenvalue weighted by atomic mass is 16.5. The highest BCUT2D eigenvalue weighted by molar-refractivity contribution is 5.96. The lowest BCUT2D eigenvalue weighted by Gasteiger charge is -2.05. The summed E-state index contributed by atoms with van der Waals surface area (Å²) in [6.07, 6.45) is 1.53. The van der Waals surface area contributed by atoms with Crippen molar-refractivity contribution in [3.05, 3.63) is 53.6 Å². The number of hydrogen-bond acceptors (Lipinski definition) is 5. The van der Waals surface area contributed by atoms with E-state index >= 15 is 0 Å². The molecule has 0 saturated heterocycles. The summed E-state index contributed by atoms with van der Waals surface area (Å²) in [6, 6.07) is 11.3. The van der Waals surface area contributed by atoms with Gasteiger partial charge in [0.25, 0.3) is 5.91 Å². The van der Waals surface area contributed by atoms with Crippen molar-refractivity contribution in [1.29, 1.82) is 0 Å². The number of aliphatic imine (C=N–C) groups is 1. The Morgan fingerprint density at radius 1 is 1.22 bits per heavy atom. The fourth-order valence-electron chi connectivity index (χ4n) is 1.92. The van der Waals surface area contributed by atoms with Crippen LogP contribution >= 0.6 is 0 Å². The Balaban J connectivity index is 1.83. The largest absolute Gasteiger partial charge is 0.507 e. The van der Waals surface area contributed by atoms with Crippen LogP contribution in [0.3, 0.4) is 0 Å². The second kappa shape index (κ2) is 7.84. The quantitative estimate of drug-likeness (QED) is 0.561. The molecule has 6 heteroatoms. The van der Waals surface area contributed by atoms with E-state index in [-0.39, 0.29) is 23.0 Å². The maximum Gasteiger partial charge on any atom is 0.255 e. The van der Waals surface area contributed by atoms with E-state index in [1.54, 1.807) is 30.3 Å². The zero-order chi connectivity index (χ0) is 16.7. The molecule has 120 valence electrons. The molecule has 0 atom stereocenters. The summed E-state index contributed by atoms with van der Waals surface area (Å²) in [5.74, 6) is 0.225. The first-order valence-electron chi connectivity index (χ1n) is 7.05. The zero-order valence-electron chi connectivity index (χ0n) is 12.7. The first kappa shape index (κ1) is 16.4. The number of phenols is 2. The van der Waals surface area contributed by atoms with Gasteiger partial charge in [-0.3, -0.25) is 9.79 Å². The molecule has 0 aliphatic rings. The minimum Gasteiger partial charge on any atom is -0.507 e. The summed E-state index contributed by atoms with van der Waals surface area (Å²) in [6.45, 7) is 0.672. The monoisotopic (exact) mass is 314 g/mol. The summed E-state index contributed by atoms with van der Waals surface area (Å²) in [5.41, 5.74) is 0.794. The van der Waals surface area contributed by atoms with Gasteiger partial charge in [-0.05, 0) is 24.3 Å². The number of benzene rings is 2. The zero-order valence-corrected chi connectivity index (χ0v) is 12.7. The number of rotatable bonds is 6. The fraction of sp³-hybridized carbons (Fsp3) is 0.176. The fourth-order valence-corrected chi connectivity index (χ4v) is 1.92. The molecule has 0 radical (unpaired) electrons. The summed E-state index contributed by atoms with van der Waals surface area (Å²) >= 11 is 0. The van der Waals surface area contributed by atoms with Crippen molar-refractivity contribution in [2.75, 3.05) is 20.2 Å². The summed E-state index contributed by atoms with van der Waals surface area (Å²) in [4.78, 5) is 16.0. The van der Waals surface area contributed by atoms with Gasteiger partial charge in [0.05, 0.1) is 19.2 Å². The van der Waals surface area contributed by atoms with Crippen LogP contribution in [0.5, 0.6) is 17.2 Å². The number of phenolic OH excluding ortho intramolecular Hbond substituents is 2. The molecule has 0 heterocycles. The van der Waals surface area contributed by atoms with Crippen LogP contribution in [0.25, 0.3) is 0 Å². The second-order valence-corrected chi connectivity index (χ2v) is 4.73. The van der Waals surface area contributed by atoms with Crippen molar-refractivity contribution in [2.24, 2.45) is 4.99 Å². The lowest BCUT2D eigenvalue weighted by molar-refractivity contribution is 0.0952. The van der Waals surface area contributed by atoms with Crippen molar-refractivity contribution < 1.29 is 19.7 Å². The summed E-state index contributed by atoms with van der Waals surface area (Å²) < 4.78 is 5.00. The van der Waals surface area contributed by atoms with E-state index in [1.165, 1.54) is 25.5 Å². The molecule has 2 aromatic carbocycles. The van der Waals surface area contributed by atoms with Crippen molar-refractivity contribution in [3.63, 3.8) is 0 Å². The maximum atomic E-state index is 11.8. The average Bonchev–Trinajstić information content (AvgIpc) is 2.56. The Morgan fingerprint density at radius 3 is 2.70 bits per heavy atom. The van der Waals surface area contributed by atoms with E-state index in [0.717, 1.165) is 0 Å². The Hall–Kier alpha value is -3.02. The molecule has 2 aromatic rings. The molecule has 3 N–H and O–H groups in total. The standard InChI is InChI=1S/C17H18N2O4/c1-23-13-7-6-12(16(21)10-13)11-18-8-9-19-17(22)14-4-2-3-5-15(14)20/h2-7,10-11,20-21H,8-9H2,1H3,(H,19,22). The van der Waals surface area contributed by atoms with E-state index in [9.17, 15) is 15.0 Å². The van der Waals surface area contributed by atoms with Crippen LogP contribution in [-0.2, 0) is 0 Å². The molecule has 0 saturated carbocycles. The number of carbonyl (C=O) groups excluding carboxylic acids is 1.